The molecule has 0 unspecified atom stereocenters. The zero-order valence-electron chi connectivity index (χ0n) is 15.7. The number of aromatic carboxylic acids is 1. The second kappa shape index (κ2) is 11.3. The third-order valence-electron chi connectivity index (χ3n) is 4.57. The summed E-state index contributed by atoms with van der Waals surface area (Å²) in [6.07, 6.45) is 9.99. The molecule has 0 radical (unpaired) electrons. The van der Waals surface area contributed by atoms with Crippen LogP contribution in [0.5, 0.6) is 5.75 Å². The molecule has 0 heterocycles. The molecule has 0 aliphatic carbocycles. The van der Waals surface area contributed by atoms with E-state index in [-0.39, 0.29) is 5.56 Å². The van der Waals surface area contributed by atoms with Gasteiger partial charge < -0.3 is 9.84 Å². The van der Waals surface area contributed by atoms with Gasteiger partial charge in [0.15, 0.2) is 0 Å². The number of carboxylic acid groups (broad SMARTS) is 1. The van der Waals surface area contributed by atoms with E-state index in [1.54, 1.807) is 12.1 Å². The van der Waals surface area contributed by atoms with E-state index >= 15 is 0 Å². The van der Waals surface area contributed by atoms with Crippen LogP contribution in [-0.4, -0.2) is 17.7 Å². The van der Waals surface area contributed by atoms with Crippen molar-refractivity contribution in [2.45, 2.75) is 58.3 Å². The third kappa shape index (κ3) is 6.55. The van der Waals surface area contributed by atoms with Gasteiger partial charge in [0, 0.05) is 5.56 Å². The first-order chi connectivity index (χ1) is 12.7. The lowest BCUT2D eigenvalue weighted by atomic mass is 10.0. The summed E-state index contributed by atoms with van der Waals surface area (Å²) in [5.74, 6) is -0.277. The number of rotatable bonds is 12. The lowest BCUT2D eigenvalue weighted by molar-refractivity contribution is 0.0696. The van der Waals surface area contributed by atoms with Crippen LogP contribution in [0.25, 0.3) is 11.1 Å². The van der Waals surface area contributed by atoms with Crippen LogP contribution >= 0.6 is 0 Å². The smallest absolute Gasteiger partial charge is 0.335 e. The Balaban J connectivity index is 1.88. The Morgan fingerprint density at radius 1 is 0.885 bits per heavy atom. The maximum absolute atomic E-state index is 11.3. The summed E-state index contributed by atoms with van der Waals surface area (Å²) in [7, 11) is 0. The molecule has 0 fully saturated rings. The van der Waals surface area contributed by atoms with Crippen molar-refractivity contribution in [3.63, 3.8) is 0 Å². The lowest BCUT2D eigenvalue weighted by Gasteiger charge is -2.13. The van der Waals surface area contributed by atoms with E-state index in [4.69, 9.17) is 4.74 Å². The van der Waals surface area contributed by atoms with E-state index in [9.17, 15) is 9.90 Å². The summed E-state index contributed by atoms with van der Waals surface area (Å²) in [5, 5.41) is 9.25. The highest BCUT2D eigenvalue weighted by Gasteiger charge is 2.11. The fourth-order valence-corrected chi connectivity index (χ4v) is 3.05. The number of carbonyl (C=O) groups is 1. The Labute approximate surface area is 157 Å². The van der Waals surface area contributed by atoms with Gasteiger partial charge in [0.1, 0.15) is 5.75 Å². The molecule has 2 rings (SSSR count). The standard InChI is InChI=1S/C23H30O3/c1-2-3-4-5-6-7-8-12-17-26-22-18-20(23(24)25)15-16-21(22)19-13-10-9-11-14-19/h9-11,13-16,18H,2-8,12,17H2,1H3,(H,24,25). The summed E-state index contributed by atoms with van der Waals surface area (Å²) >= 11 is 0. The van der Waals surface area contributed by atoms with Gasteiger partial charge in [-0.15, -0.1) is 0 Å². The van der Waals surface area contributed by atoms with Crippen LogP contribution in [0.2, 0.25) is 0 Å². The Bertz CT molecular complexity index is 664. The molecule has 0 saturated carbocycles. The molecule has 0 aliphatic rings. The molecule has 0 bridgehead atoms. The summed E-state index contributed by atoms with van der Waals surface area (Å²) < 4.78 is 5.96. The molecule has 3 heteroatoms. The van der Waals surface area contributed by atoms with Crippen molar-refractivity contribution in [1.29, 1.82) is 0 Å². The maximum atomic E-state index is 11.3. The molecule has 0 aromatic heterocycles. The van der Waals surface area contributed by atoms with Gasteiger partial charge in [0.2, 0.25) is 0 Å². The van der Waals surface area contributed by atoms with Crippen molar-refractivity contribution >= 4 is 5.97 Å². The van der Waals surface area contributed by atoms with Crippen molar-refractivity contribution < 1.29 is 14.6 Å². The molecular weight excluding hydrogens is 324 g/mol. The van der Waals surface area contributed by atoms with E-state index in [1.165, 1.54) is 38.5 Å². The van der Waals surface area contributed by atoms with Crippen LogP contribution in [0, 0.1) is 0 Å². The van der Waals surface area contributed by atoms with E-state index in [2.05, 4.69) is 6.92 Å². The summed E-state index contributed by atoms with van der Waals surface area (Å²) in [6.45, 7) is 2.86. The molecule has 2 aromatic carbocycles. The van der Waals surface area contributed by atoms with Gasteiger partial charge in [-0.05, 0) is 30.2 Å². The van der Waals surface area contributed by atoms with Gasteiger partial charge in [-0.1, -0.05) is 82.2 Å². The van der Waals surface area contributed by atoms with Gasteiger partial charge in [-0.3, -0.25) is 0 Å². The van der Waals surface area contributed by atoms with Crippen LogP contribution in [0.3, 0.4) is 0 Å². The minimum Gasteiger partial charge on any atom is -0.493 e. The SMILES string of the molecule is CCCCCCCCCCOc1cc(C(=O)O)ccc1-c1ccccc1. The zero-order valence-corrected chi connectivity index (χ0v) is 15.7. The zero-order chi connectivity index (χ0) is 18.6. The predicted molar refractivity (Wildman–Crippen MR) is 107 cm³/mol. The number of hydrogen-bond donors (Lipinski definition) is 1. The number of benzene rings is 2. The molecule has 3 nitrogen and oxygen atoms in total. The second-order valence-electron chi connectivity index (χ2n) is 6.71. The van der Waals surface area contributed by atoms with Gasteiger partial charge >= 0.3 is 5.97 Å². The first-order valence-electron chi connectivity index (χ1n) is 9.78. The number of unbranched alkanes of at least 4 members (excludes halogenated alkanes) is 7. The average Bonchev–Trinajstić information content (AvgIpc) is 2.67. The topological polar surface area (TPSA) is 46.5 Å². The van der Waals surface area contributed by atoms with Crippen molar-refractivity contribution in [1.82, 2.24) is 0 Å². The highest BCUT2D eigenvalue weighted by molar-refractivity contribution is 5.89. The fourth-order valence-electron chi connectivity index (χ4n) is 3.05. The molecule has 0 amide bonds. The lowest BCUT2D eigenvalue weighted by Crippen LogP contribution is -2.02. The van der Waals surface area contributed by atoms with E-state index in [0.29, 0.717) is 12.4 Å². The molecule has 0 spiro atoms. The van der Waals surface area contributed by atoms with Crippen molar-refractivity contribution in [2.75, 3.05) is 6.61 Å². The third-order valence-corrected chi connectivity index (χ3v) is 4.57. The molecule has 0 atom stereocenters. The fraction of sp³-hybridized carbons (Fsp3) is 0.435. The molecule has 0 aliphatic heterocycles. The minimum absolute atomic E-state index is 0.260. The molecular formula is C23H30O3. The first-order valence-corrected chi connectivity index (χ1v) is 9.78. The molecule has 2 aromatic rings. The Morgan fingerprint density at radius 2 is 1.54 bits per heavy atom. The second-order valence-corrected chi connectivity index (χ2v) is 6.71. The van der Waals surface area contributed by atoms with Crippen molar-refractivity contribution in [3.8, 4) is 16.9 Å². The van der Waals surface area contributed by atoms with Gasteiger partial charge in [-0.25, -0.2) is 4.79 Å². The summed E-state index contributed by atoms with van der Waals surface area (Å²) in [5.41, 5.74) is 2.24. The van der Waals surface area contributed by atoms with Gasteiger partial charge in [-0.2, -0.15) is 0 Å². The Hall–Kier alpha value is -2.29. The number of carboxylic acids is 1. The molecule has 0 saturated heterocycles. The van der Waals surface area contributed by atoms with E-state index in [0.717, 1.165) is 24.0 Å². The molecule has 140 valence electrons. The average molecular weight is 354 g/mol. The van der Waals surface area contributed by atoms with Gasteiger partial charge in [0.05, 0.1) is 12.2 Å². The number of hydrogen-bond acceptors (Lipinski definition) is 2. The highest BCUT2D eigenvalue weighted by atomic mass is 16.5. The summed E-state index contributed by atoms with van der Waals surface area (Å²) in [4.78, 5) is 11.3. The van der Waals surface area contributed by atoms with E-state index < -0.39 is 5.97 Å². The highest BCUT2D eigenvalue weighted by Crippen LogP contribution is 2.31. The van der Waals surface area contributed by atoms with E-state index in [1.807, 2.05) is 36.4 Å². The quantitative estimate of drug-likeness (QED) is 0.438. The first kappa shape index (κ1) is 20.0. The van der Waals surface area contributed by atoms with Crippen LogP contribution in [0.4, 0.5) is 0 Å². The van der Waals surface area contributed by atoms with Crippen molar-refractivity contribution in [3.05, 3.63) is 54.1 Å². The van der Waals surface area contributed by atoms with Crippen LogP contribution < -0.4 is 4.74 Å². The Kier molecular flexibility index (Phi) is 8.74. The monoisotopic (exact) mass is 354 g/mol. The van der Waals surface area contributed by atoms with Crippen LogP contribution in [-0.2, 0) is 0 Å². The predicted octanol–water partition coefficient (Wildman–Crippen LogP) is 6.57. The normalized spacial score (nSPS) is 10.7. The van der Waals surface area contributed by atoms with Crippen LogP contribution in [0.1, 0.15) is 68.6 Å². The Morgan fingerprint density at radius 3 is 2.19 bits per heavy atom. The summed E-state index contributed by atoms with van der Waals surface area (Å²) in [6, 6.07) is 15.0. The number of ether oxygens (including phenoxy) is 1. The maximum Gasteiger partial charge on any atom is 0.335 e. The van der Waals surface area contributed by atoms with Gasteiger partial charge in [0.25, 0.3) is 0 Å². The molecule has 1 N–H and O–H groups in total. The van der Waals surface area contributed by atoms with Crippen molar-refractivity contribution in [2.24, 2.45) is 0 Å². The van der Waals surface area contributed by atoms with Crippen LogP contribution in [0.15, 0.2) is 48.5 Å². The largest absolute Gasteiger partial charge is 0.493 e. The molecule has 26 heavy (non-hydrogen) atoms. The minimum atomic E-state index is -0.929.